The summed E-state index contributed by atoms with van der Waals surface area (Å²) in [6.45, 7) is 6.36. The van der Waals surface area contributed by atoms with Gasteiger partial charge in [0.1, 0.15) is 53.9 Å². The van der Waals surface area contributed by atoms with Gasteiger partial charge in [0.05, 0.1) is 43.6 Å². The minimum atomic E-state index is -4.56. The van der Waals surface area contributed by atoms with Gasteiger partial charge in [-0.1, -0.05) is 64.0 Å². The summed E-state index contributed by atoms with van der Waals surface area (Å²) in [5.41, 5.74) is 0.302. The average molecular weight is 1590 g/mol. The second-order valence-corrected chi connectivity index (χ2v) is 33.8. The highest BCUT2D eigenvalue weighted by molar-refractivity contribution is 6.01. The fourth-order valence-electron chi connectivity index (χ4n) is 19.1. The van der Waals surface area contributed by atoms with Gasteiger partial charge in [0.25, 0.3) is 0 Å². The van der Waals surface area contributed by atoms with Crippen LogP contribution in [0.15, 0.2) is 11.1 Å². The monoisotopic (exact) mass is 1590 g/mol. The van der Waals surface area contributed by atoms with Gasteiger partial charge in [0, 0.05) is 95.7 Å². The number of ether oxygens (including phenoxy) is 2. The minimum absolute atomic E-state index is 0.0365. The Morgan fingerprint density at radius 1 is 0.589 bits per heavy atom. The predicted molar refractivity (Wildman–Crippen MR) is 401 cm³/mol. The Morgan fingerprint density at radius 3 is 1.84 bits per heavy atom. The molecule has 5 aliphatic carbocycles. The van der Waals surface area contributed by atoms with E-state index in [2.05, 4.69) is 10.6 Å². The largest absolute Gasteiger partial charge is 0.394 e. The molecule has 26 nitrogen and oxygen atoms in total. The van der Waals surface area contributed by atoms with Gasteiger partial charge in [-0.05, 0) is 165 Å². The van der Waals surface area contributed by atoms with Crippen LogP contribution in [0.1, 0.15) is 207 Å². The fourth-order valence-corrected chi connectivity index (χ4v) is 19.1. The number of hydrogen-bond acceptors (Lipinski definition) is 14. The van der Waals surface area contributed by atoms with Gasteiger partial charge in [-0.3, -0.25) is 57.5 Å². The molecule has 1 spiro atoms. The van der Waals surface area contributed by atoms with Crippen LogP contribution in [0.4, 0.5) is 26.3 Å². The minimum Gasteiger partial charge on any atom is -0.381 e. The molecule has 7 fully saturated rings. The Kier molecular flexibility index (Phi) is 30.2. The zero-order valence-electron chi connectivity index (χ0n) is 67.9. The first-order valence-corrected chi connectivity index (χ1v) is 41.2. The SMILES string of the molecule is CCC[C@H]1C(=O)N[C@@H]([C@@H](C)CC)C(=O)N(C)CC(=O)N(C)[C@H]2CC3=C(CCN(C2=O)[C@@H](CC2CCC(C(F)(F)F)CC2)C(=O)N(C)CC(=O)N[C@@H](CCC2CCC(C(F)(F)F)C(OC)C2)C(=O)N2C[C@H](OCC)C[C@H]2C(=O)N(C)C2(CCC2)C(=O)N(C)[C@@H](C2CCCCC2)C(=O)N(C)[C@H](C(=O)N2CCCC2)CC(=O)N1C)C3. The number of nitrogens with one attached hydrogen (secondary N) is 2. The summed E-state index contributed by atoms with van der Waals surface area (Å²) in [6, 6.07) is -10.6. The molecule has 9 aliphatic rings. The number of amides is 12. The number of hydrogen-bond donors (Lipinski definition) is 2. The Balaban J connectivity index is 1.12. The molecule has 4 heterocycles. The van der Waals surface area contributed by atoms with Crippen molar-refractivity contribution in [3.63, 3.8) is 0 Å². The molecule has 112 heavy (non-hydrogen) atoms. The van der Waals surface area contributed by atoms with Crippen molar-refractivity contribution in [2.24, 2.45) is 35.5 Å². The third-order valence-electron chi connectivity index (χ3n) is 26.7. The fraction of sp³-hybridized carbons (Fsp3) is 0.825. The van der Waals surface area contributed by atoms with Gasteiger partial charge in [-0.15, -0.1) is 0 Å². The van der Waals surface area contributed by atoms with Crippen LogP contribution in [0.25, 0.3) is 0 Å². The van der Waals surface area contributed by atoms with Crippen LogP contribution in [-0.2, 0) is 67.0 Å². The van der Waals surface area contributed by atoms with Gasteiger partial charge >= 0.3 is 12.4 Å². The van der Waals surface area contributed by atoms with E-state index in [1.165, 1.54) is 90.7 Å². The molecule has 0 radical (unpaired) electrons. The molecule has 4 saturated carbocycles. The van der Waals surface area contributed by atoms with Crippen molar-refractivity contribution in [1.29, 1.82) is 0 Å². The van der Waals surface area contributed by atoms with Crippen LogP contribution < -0.4 is 10.6 Å². The maximum absolute atomic E-state index is 16.0. The van der Waals surface area contributed by atoms with Crippen molar-refractivity contribution >= 4 is 70.9 Å². The summed E-state index contributed by atoms with van der Waals surface area (Å²) in [4.78, 5) is 197. The normalized spacial score (nSPS) is 31.7. The molecule has 13 atom stereocenters. The summed E-state index contributed by atoms with van der Waals surface area (Å²) in [5, 5.41) is 5.73. The van der Waals surface area contributed by atoms with Crippen LogP contribution in [0.5, 0.6) is 0 Å². The van der Waals surface area contributed by atoms with E-state index in [9.17, 15) is 40.7 Å². The molecular formula is C80H124F6N12O14. The van der Waals surface area contributed by atoms with Crippen molar-refractivity contribution < 1.29 is 93.4 Å². The van der Waals surface area contributed by atoms with Crippen molar-refractivity contribution in [3.8, 4) is 0 Å². The molecule has 12 amide bonds. The maximum atomic E-state index is 16.0. The molecule has 0 aromatic heterocycles. The Labute approximate surface area is 656 Å². The lowest BCUT2D eigenvalue weighted by molar-refractivity contribution is -0.215. The molecule has 0 aromatic rings. The topological polar surface area (TPSA) is 280 Å². The third kappa shape index (κ3) is 20.4. The van der Waals surface area contributed by atoms with Gasteiger partial charge < -0.3 is 69.1 Å². The molecule has 4 aliphatic heterocycles. The van der Waals surface area contributed by atoms with Crippen LogP contribution in [0.3, 0.4) is 0 Å². The number of likely N-dealkylation sites (N-methyl/N-ethyl adjacent to an activating group) is 7. The van der Waals surface area contributed by atoms with Crippen LogP contribution in [0.2, 0.25) is 0 Å². The number of fused-ring (bicyclic) bond motifs is 3. The van der Waals surface area contributed by atoms with Crippen molar-refractivity contribution in [2.45, 2.75) is 286 Å². The van der Waals surface area contributed by atoms with Gasteiger partial charge in [0.15, 0.2) is 0 Å². The van der Waals surface area contributed by atoms with Gasteiger partial charge in [-0.2, -0.15) is 26.3 Å². The summed E-state index contributed by atoms with van der Waals surface area (Å²) < 4.78 is 97.4. The second-order valence-electron chi connectivity index (χ2n) is 33.8. The highest BCUT2D eigenvalue weighted by atomic mass is 19.4. The Hall–Kier alpha value is -7.12. The molecular weight excluding hydrogens is 1470 g/mol. The lowest BCUT2D eigenvalue weighted by atomic mass is 9.73. The number of methoxy groups -OCH3 is 1. The van der Waals surface area contributed by atoms with E-state index in [-0.39, 0.29) is 116 Å². The van der Waals surface area contributed by atoms with Gasteiger partial charge in [-0.25, -0.2) is 0 Å². The number of nitrogens with zero attached hydrogens (tertiary/aromatic N) is 10. The van der Waals surface area contributed by atoms with Crippen molar-refractivity contribution in [3.05, 3.63) is 11.1 Å². The molecule has 3 unspecified atom stereocenters. The lowest BCUT2D eigenvalue weighted by Gasteiger charge is -2.51. The first-order valence-electron chi connectivity index (χ1n) is 41.2. The highest BCUT2D eigenvalue weighted by Crippen LogP contribution is 2.47. The number of rotatable bonds is 14. The standard InChI is InChI=1S/C80H124F6N12O14/c1-13-22-58-69(102)88-67(48(4)14-2)75(108)90(6)47-66(101)92(8)59-42-53-41-52(53)33-38-97(74(59)107)61(39-49-25-29-54(30-26-49)79(81,82)83)71(104)89(5)46-64(99)87-57(32-28-50-27-31-56(80(84,85)86)63(40-50)111-12)70(103)98-45-55(112-15-3)43-62(98)72(105)95(11)78(34-21-35-78)77(110)94(10)68(51-23-17-16-18-24-51)76(109)93(9)60(44-65(100)91(58)7)73(106)96-36-19-20-37-96/h48-51,54-63,67-68H,13-47H2,1-12H3,(H,87,99)(H,88,102)/t48-,49?,50?,54?,55+,56?,57-,58-,59-,60-,61-,62-,63?,67-,68-/m0/s1. The summed E-state index contributed by atoms with van der Waals surface area (Å²) in [5.74, 6) is -13.5. The number of halogens is 6. The average Bonchev–Trinajstić information content (AvgIpc) is 0.938. The van der Waals surface area contributed by atoms with Crippen molar-refractivity contribution in [2.75, 3.05) is 102 Å². The Bertz CT molecular complexity index is 3430. The molecule has 2 bridgehead atoms. The Morgan fingerprint density at radius 2 is 1.24 bits per heavy atom. The van der Waals surface area contributed by atoms with E-state index in [1.807, 2.05) is 13.8 Å². The number of carbonyl (C=O) groups excluding carboxylic acids is 12. The lowest BCUT2D eigenvalue weighted by Crippen LogP contribution is -2.68. The maximum Gasteiger partial charge on any atom is 0.394 e. The van der Waals surface area contributed by atoms with Gasteiger partial charge in [0.2, 0.25) is 70.9 Å². The molecule has 2 N–H and O–H groups in total. The van der Waals surface area contributed by atoms with E-state index in [4.69, 9.17) is 9.47 Å². The number of carbonyl (C=O) groups is 12. The second kappa shape index (κ2) is 38.1. The summed E-state index contributed by atoms with van der Waals surface area (Å²) >= 11 is 0. The third-order valence-corrected chi connectivity index (χ3v) is 26.7. The molecule has 9 rings (SSSR count). The van der Waals surface area contributed by atoms with E-state index < -0.39 is 204 Å². The zero-order chi connectivity index (χ0) is 82.2. The zero-order valence-corrected chi connectivity index (χ0v) is 67.9. The molecule has 3 saturated heterocycles. The van der Waals surface area contributed by atoms with E-state index in [0.29, 0.717) is 70.9 Å². The van der Waals surface area contributed by atoms with Crippen LogP contribution in [0, 0.1) is 35.5 Å². The molecule has 630 valence electrons. The van der Waals surface area contributed by atoms with Crippen LogP contribution >= 0.6 is 0 Å². The summed E-state index contributed by atoms with van der Waals surface area (Å²) in [6.07, 6.45) is -5.27. The van der Waals surface area contributed by atoms with Crippen molar-refractivity contribution in [1.82, 2.24) is 59.6 Å². The number of likely N-dealkylation sites (tertiary alicyclic amines) is 1. The quantitative estimate of drug-likeness (QED) is 0.128. The van der Waals surface area contributed by atoms with E-state index in [1.54, 1.807) is 18.7 Å². The first-order chi connectivity index (χ1) is 52.9. The predicted octanol–water partition coefficient (Wildman–Crippen LogP) is 7.24. The highest BCUT2D eigenvalue weighted by Gasteiger charge is 2.57. The van der Waals surface area contributed by atoms with Crippen LogP contribution in [-0.4, -0.2) is 301 Å². The van der Waals surface area contributed by atoms with E-state index in [0.717, 1.165) is 40.2 Å². The molecule has 0 aromatic carbocycles. The smallest absolute Gasteiger partial charge is 0.381 e. The van der Waals surface area contributed by atoms with E-state index >= 15 is 43.2 Å². The summed E-state index contributed by atoms with van der Waals surface area (Å²) in [7, 11) is 11.1. The molecule has 32 heteroatoms. The first kappa shape index (κ1) is 88.8. The number of alkyl halides is 6.